The van der Waals surface area contributed by atoms with Gasteiger partial charge in [0.05, 0.1) is 0 Å². The Morgan fingerprint density at radius 3 is 2.38 bits per heavy atom. The molecule has 0 aliphatic carbocycles. The van der Waals surface area contributed by atoms with Crippen LogP contribution in [-0.2, 0) is 4.79 Å². The smallest absolute Gasteiger partial charge is 0.221 e. The summed E-state index contributed by atoms with van der Waals surface area (Å²) in [5.74, 6) is 0.617. The molecule has 0 fully saturated rings. The molecule has 2 N–H and O–H groups in total. The molecule has 0 bridgehead atoms. The summed E-state index contributed by atoms with van der Waals surface area (Å²) in [5.41, 5.74) is 2.39. The van der Waals surface area contributed by atoms with Gasteiger partial charge in [-0.2, -0.15) is 0 Å². The van der Waals surface area contributed by atoms with Gasteiger partial charge in [-0.25, -0.2) is 0 Å². The highest BCUT2D eigenvalue weighted by Crippen LogP contribution is 2.16. The molecule has 16 heavy (non-hydrogen) atoms. The van der Waals surface area contributed by atoms with E-state index in [2.05, 4.69) is 48.7 Å². The lowest BCUT2D eigenvalue weighted by atomic mass is 10.0. The third kappa shape index (κ3) is 3.93. The fourth-order valence-electron chi connectivity index (χ4n) is 1.43. The number of hydrogen-bond donors (Lipinski definition) is 2. The number of rotatable bonds is 5. The van der Waals surface area contributed by atoms with E-state index in [1.54, 1.807) is 7.05 Å². The van der Waals surface area contributed by atoms with E-state index in [0.717, 1.165) is 5.69 Å². The Bertz CT molecular complexity index is 330. The molecule has 0 aliphatic rings. The molecule has 0 saturated heterocycles. The molecule has 3 nitrogen and oxygen atoms in total. The van der Waals surface area contributed by atoms with E-state index < -0.39 is 0 Å². The van der Waals surface area contributed by atoms with Crippen LogP contribution in [0.4, 0.5) is 5.69 Å². The Hall–Kier alpha value is -1.51. The largest absolute Gasteiger partial charge is 0.385 e. The molecule has 0 aliphatic heterocycles. The van der Waals surface area contributed by atoms with Crippen molar-refractivity contribution in [3.05, 3.63) is 29.8 Å². The zero-order chi connectivity index (χ0) is 12.0. The monoisotopic (exact) mass is 220 g/mol. The number of anilines is 1. The van der Waals surface area contributed by atoms with Gasteiger partial charge in [-0.3, -0.25) is 4.79 Å². The van der Waals surface area contributed by atoms with Gasteiger partial charge in [0.25, 0.3) is 0 Å². The second kappa shape index (κ2) is 6.16. The van der Waals surface area contributed by atoms with Crippen LogP contribution in [0.25, 0.3) is 0 Å². The molecule has 3 heteroatoms. The van der Waals surface area contributed by atoms with E-state index in [0.29, 0.717) is 18.9 Å². The first-order chi connectivity index (χ1) is 7.63. The molecule has 0 atom stereocenters. The minimum Gasteiger partial charge on any atom is -0.385 e. The van der Waals surface area contributed by atoms with Crippen molar-refractivity contribution in [3.63, 3.8) is 0 Å². The number of nitrogens with one attached hydrogen (secondary N) is 2. The SMILES string of the molecule is CNC(=O)CCNc1ccc(C(C)C)cc1. The lowest BCUT2D eigenvalue weighted by Gasteiger charge is -2.08. The maximum absolute atomic E-state index is 11.0. The Morgan fingerprint density at radius 1 is 1.25 bits per heavy atom. The van der Waals surface area contributed by atoms with Crippen molar-refractivity contribution < 1.29 is 4.79 Å². The predicted octanol–water partition coefficient (Wildman–Crippen LogP) is 2.36. The predicted molar refractivity (Wildman–Crippen MR) is 67.7 cm³/mol. The Labute approximate surface area is 97.2 Å². The van der Waals surface area contributed by atoms with E-state index >= 15 is 0 Å². The van der Waals surface area contributed by atoms with Gasteiger partial charge < -0.3 is 10.6 Å². The molecule has 1 amide bonds. The molecular formula is C13H20N2O. The van der Waals surface area contributed by atoms with Gasteiger partial charge in [0.15, 0.2) is 0 Å². The summed E-state index contributed by atoms with van der Waals surface area (Å²) in [4.78, 5) is 11.0. The standard InChI is InChI=1S/C13H20N2O/c1-10(2)11-4-6-12(7-5-11)15-9-8-13(16)14-3/h4-7,10,15H,8-9H2,1-3H3,(H,14,16). The van der Waals surface area contributed by atoms with E-state index in [1.807, 2.05) is 0 Å². The van der Waals surface area contributed by atoms with E-state index in [4.69, 9.17) is 0 Å². The maximum atomic E-state index is 11.0. The Balaban J connectivity index is 2.40. The van der Waals surface area contributed by atoms with Gasteiger partial charge in [-0.05, 0) is 23.6 Å². The highest BCUT2D eigenvalue weighted by Gasteiger charge is 1.99. The second-order valence-electron chi connectivity index (χ2n) is 4.13. The highest BCUT2D eigenvalue weighted by molar-refractivity contribution is 5.76. The van der Waals surface area contributed by atoms with Crippen LogP contribution in [0.5, 0.6) is 0 Å². The molecule has 1 aromatic carbocycles. The second-order valence-corrected chi connectivity index (χ2v) is 4.13. The summed E-state index contributed by atoms with van der Waals surface area (Å²) in [7, 11) is 1.65. The number of amides is 1. The van der Waals surface area contributed by atoms with Crippen LogP contribution in [0.2, 0.25) is 0 Å². The molecule has 0 aromatic heterocycles. The fourth-order valence-corrected chi connectivity index (χ4v) is 1.43. The average Bonchev–Trinajstić information content (AvgIpc) is 2.29. The van der Waals surface area contributed by atoms with Crippen molar-refractivity contribution in [2.45, 2.75) is 26.2 Å². The number of benzene rings is 1. The van der Waals surface area contributed by atoms with Crippen LogP contribution in [0.15, 0.2) is 24.3 Å². The van der Waals surface area contributed by atoms with Gasteiger partial charge in [0.2, 0.25) is 5.91 Å². The fraction of sp³-hybridized carbons (Fsp3) is 0.462. The number of hydrogen-bond acceptors (Lipinski definition) is 2. The normalized spacial score (nSPS) is 10.2. The Kier molecular flexibility index (Phi) is 4.83. The topological polar surface area (TPSA) is 41.1 Å². The molecule has 1 aromatic rings. The lowest BCUT2D eigenvalue weighted by molar-refractivity contribution is -0.120. The highest BCUT2D eigenvalue weighted by atomic mass is 16.1. The first-order valence-electron chi connectivity index (χ1n) is 5.68. The van der Waals surface area contributed by atoms with Crippen LogP contribution >= 0.6 is 0 Å². The van der Waals surface area contributed by atoms with Crippen molar-refractivity contribution in [1.82, 2.24) is 5.32 Å². The quantitative estimate of drug-likeness (QED) is 0.799. The summed E-state index contributed by atoms with van der Waals surface area (Å²) in [6.07, 6.45) is 0.502. The molecule has 0 heterocycles. The minimum atomic E-state index is 0.0614. The van der Waals surface area contributed by atoms with Crippen LogP contribution in [0, 0.1) is 0 Å². The van der Waals surface area contributed by atoms with Crippen molar-refractivity contribution in [2.75, 3.05) is 18.9 Å². The van der Waals surface area contributed by atoms with E-state index in [9.17, 15) is 4.79 Å². The summed E-state index contributed by atoms with van der Waals surface area (Å²) in [6.45, 7) is 5.02. The molecule has 0 spiro atoms. The summed E-state index contributed by atoms with van der Waals surface area (Å²) >= 11 is 0. The molecule has 0 unspecified atom stereocenters. The Morgan fingerprint density at radius 2 is 1.88 bits per heavy atom. The van der Waals surface area contributed by atoms with Crippen molar-refractivity contribution in [2.24, 2.45) is 0 Å². The van der Waals surface area contributed by atoms with Crippen molar-refractivity contribution in [1.29, 1.82) is 0 Å². The molecule has 1 rings (SSSR count). The van der Waals surface area contributed by atoms with Crippen LogP contribution in [-0.4, -0.2) is 19.5 Å². The minimum absolute atomic E-state index is 0.0614. The first-order valence-corrected chi connectivity index (χ1v) is 5.68. The van der Waals surface area contributed by atoms with Gasteiger partial charge >= 0.3 is 0 Å². The van der Waals surface area contributed by atoms with Crippen LogP contribution < -0.4 is 10.6 Å². The summed E-state index contributed by atoms with van der Waals surface area (Å²) < 4.78 is 0. The molecule has 0 saturated carbocycles. The third-order valence-electron chi connectivity index (χ3n) is 2.54. The van der Waals surface area contributed by atoms with Gasteiger partial charge in [0, 0.05) is 25.7 Å². The van der Waals surface area contributed by atoms with Crippen LogP contribution in [0.1, 0.15) is 31.7 Å². The molecular weight excluding hydrogens is 200 g/mol. The number of carbonyl (C=O) groups excluding carboxylic acids is 1. The van der Waals surface area contributed by atoms with Gasteiger partial charge in [0.1, 0.15) is 0 Å². The third-order valence-corrected chi connectivity index (χ3v) is 2.54. The maximum Gasteiger partial charge on any atom is 0.221 e. The van der Waals surface area contributed by atoms with Crippen molar-refractivity contribution >= 4 is 11.6 Å². The summed E-state index contributed by atoms with van der Waals surface area (Å²) in [6, 6.07) is 8.35. The lowest BCUT2D eigenvalue weighted by Crippen LogP contribution is -2.20. The van der Waals surface area contributed by atoms with Crippen molar-refractivity contribution in [3.8, 4) is 0 Å². The van der Waals surface area contributed by atoms with Crippen LogP contribution in [0.3, 0.4) is 0 Å². The molecule has 88 valence electrons. The van der Waals surface area contributed by atoms with Gasteiger partial charge in [-0.1, -0.05) is 26.0 Å². The van der Waals surface area contributed by atoms with E-state index in [-0.39, 0.29) is 5.91 Å². The zero-order valence-corrected chi connectivity index (χ0v) is 10.2. The summed E-state index contributed by atoms with van der Waals surface area (Å²) in [5, 5.41) is 5.81. The molecule has 0 radical (unpaired) electrons. The van der Waals surface area contributed by atoms with E-state index in [1.165, 1.54) is 5.56 Å². The van der Waals surface area contributed by atoms with Gasteiger partial charge in [-0.15, -0.1) is 0 Å². The first kappa shape index (κ1) is 12.6. The zero-order valence-electron chi connectivity index (χ0n) is 10.2. The average molecular weight is 220 g/mol. The number of carbonyl (C=O) groups is 1.